The van der Waals surface area contributed by atoms with Gasteiger partial charge in [0.25, 0.3) is 5.91 Å². The number of nitrogens with one attached hydrogen (secondary N) is 3. The van der Waals surface area contributed by atoms with Gasteiger partial charge < -0.3 is 35.2 Å². The van der Waals surface area contributed by atoms with Gasteiger partial charge in [0.2, 0.25) is 23.6 Å². The number of nitrogens with zero attached hydrogens (tertiary/aromatic N) is 2. The molecule has 0 spiro atoms. The normalized spacial score (nSPS) is 23.7. The minimum absolute atomic E-state index is 0.0262. The van der Waals surface area contributed by atoms with Crippen LogP contribution in [0.25, 0.3) is 0 Å². The zero-order valence-corrected chi connectivity index (χ0v) is 29.8. The highest BCUT2D eigenvalue weighted by Crippen LogP contribution is 2.35. The zero-order valence-electron chi connectivity index (χ0n) is 29.8. The SMILES string of the molecule is CC(C)C[C@H]1COc2ccccc2C(=O)N[C@H](C(=O)NCC2(c3cccc(F)c3)CCOCC2)CCC(=O)N2CCC[C@H]2C(=O)N(C)CC(=O)N1. The van der Waals surface area contributed by atoms with Crippen molar-refractivity contribution < 1.29 is 37.8 Å². The van der Waals surface area contributed by atoms with Gasteiger partial charge in [-0.05, 0) is 74.3 Å². The van der Waals surface area contributed by atoms with Crippen molar-refractivity contribution in [3.63, 3.8) is 0 Å². The van der Waals surface area contributed by atoms with Crippen LogP contribution in [0.15, 0.2) is 48.5 Å². The lowest BCUT2D eigenvalue weighted by Crippen LogP contribution is -2.52. The van der Waals surface area contributed by atoms with Gasteiger partial charge in [-0.3, -0.25) is 24.0 Å². The molecule has 0 saturated carbocycles. The topological polar surface area (TPSA) is 146 Å². The predicted molar refractivity (Wildman–Crippen MR) is 187 cm³/mol. The molecule has 12 nitrogen and oxygen atoms in total. The maximum atomic E-state index is 14.3. The quantitative estimate of drug-likeness (QED) is 0.419. The molecule has 276 valence electrons. The molecule has 3 heterocycles. The lowest BCUT2D eigenvalue weighted by atomic mass is 9.74. The van der Waals surface area contributed by atoms with Gasteiger partial charge in [-0.2, -0.15) is 0 Å². The van der Waals surface area contributed by atoms with Gasteiger partial charge in [0.05, 0.1) is 18.2 Å². The summed E-state index contributed by atoms with van der Waals surface area (Å²) in [5.41, 5.74) is 0.369. The van der Waals surface area contributed by atoms with E-state index in [-0.39, 0.29) is 73.3 Å². The maximum Gasteiger partial charge on any atom is 0.255 e. The van der Waals surface area contributed by atoms with Crippen molar-refractivity contribution in [1.82, 2.24) is 25.8 Å². The van der Waals surface area contributed by atoms with E-state index in [4.69, 9.17) is 9.47 Å². The number of fused-ring (bicyclic) bond motifs is 2. The number of hydrogen-bond donors (Lipinski definition) is 3. The molecule has 0 bridgehead atoms. The minimum Gasteiger partial charge on any atom is -0.491 e. The molecular formula is C38H50FN5O7. The van der Waals surface area contributed by atoms with Gasteiger partial charge in [0.1, 0.15) is 30.3 Å². The van der Waals surface area contributed by atoms with Crippen molar-refractivity contribution in [1.29, 1.82) is 0 Å². The van der Waals surface area contributed by atoms with Gasteiger partial charge >= 0.3 is 0 Å². The number of amides is 5. The lowest BCUT2D eigenvalue weighted by Gasteiger charge is -2.38. The summed E-state index contributed by atoms with van der Waals surface area (Å²) >= 11 is 0. The molecule has 3 aliphatic heterocycles. The van der Waals surface area contributed by atoms with E-state index >= 15 is 0 Å². The molecule has 0 radical (unpaired) electrons. The second kappa shape index (κ2) is 17.1. The Labute approximate surface area is 298 Å². The smallest absolute Gasteiger partial charge is 0.255 e. The Hall–Kier alpha value is -4.52. The fourth-order valence-corrected chi connectivity index (χ4v) is 7.29. The summed E-state index contributed by atoms with van der Waals surface area (Å²) < 4.78 is 26.0. The molecular weight excluding hydrogens is 657 g/mol. The molecule has 0 aliphatic carbocycles. The van der Waals surface area contributed by atoms with Crippen LogP contribution in [0.5, 0.6) is 5.75 Å². The van der Waals surface area contributed by atoms with Crippen molar-refractivity contribution in [2.45, 2.75) is 82.3 Å². The molecule has 51 heavy (non-hydrogen) atoms. The summed E-state index contributed by atoms with van der Waals surface area (Å²) in [6, 6.07) is 10.8. The highest BCUT2D eigenvalue weighted by Gasteiger charge is 2.38. The van der Waals surface area contributed by atoms with Crippen molar-refractivity contribution >= 4 is 29.5 Å². The van der Waals surface area contributed by atoms with E-state index in [1.807, 2.05) is 19.9 Å². The molecule has 3 atom stereocenters. The van der Waals surface area contributed by atoms with Gasteiger partial charge in [-0.15, -0.1) is 0 Å². The van der Waals surface area contributed by atoms with E-state index in [2.05, 4.69) is 16.0 Å². The summed E-state index contributed by atoms with van der Waals surface area (Å²) in [5.74, 6) is -1.94. The van der Waals surface area contributed by atoms with E-state index in [0.29, 0.717) is 51.9 Å². The number of para-hydroxylation sites is 1. The molecule has 3 N–H and O–H groups in total. The maximum absolute atomic E-state index is 14.3. The van der Waals surface area contributed by atoms with Crippen LogP contribution in [-0.2, 0) is 29.3 Å². The first-order chi connectivity index (χ1) is 24.5. The number of benzene rings is 2. The van der Waals surface area contributed by atoms with Crippen LogP contribution in [0.4, 0.5) is 4.39 Å². The summed E-state index contributed by atoms with van der Waals surface area (Å²) in [6.45, 7) is 5.38. The molecule has 5 rings (SSSR count). The first kappa shape index (κ1) is 37.7. The number of carbonyl (C=O) groups excluding carboxylic acids is 5. The Kier molecular flexibility index (Phi) is 12.7. The molecule has 2 saturated heterocycles. The highest BCUT2D eigenvalue weighted by atomic mass is 19.1. The van der Waals surface area contributed by atoms with Crippen LogP contribution in [-0.4, -0.2) is 104 Å². The third-order valence-corrected chi connectivity index (χ3v) is 10.1. The van der Waals surface area contributed by atoms with E-state index < -0.39 is 35.4 Å². The molecule has 2 fully saturated rings. The molecule has 0 unspecified atom stereocenters. The Morgan fingerprint density at radius 2 is 1.80 bits per heavy atom. The highest BCUT2D eigenvalue weighted by molar-refractivity contribution is 6.00. The second-order valence-electron chi connectivity index (χ2n) is 14.3. The summed E-state index contributed by atoms with van der Waals surface area (Å²) in [4.78, 5) is 70.9. The van der Waals surface area contributed by atoms with Crippen molar-refractivity contribution in [2.24, 2.45) is 5.92 Å². The van der Waals surface area contributed by atoms with Gasteiger partial charge in [0.15, 0.2) is 0 Å². The van der Waals surface area contributed by atoms with Crippen LogP contribution in [0.2, 0.25) is 0 Å². The van der Waals surface area contributed by atoms with Crippen LogP contribution in [0.3, 0.4) is 0 Å². The number of ether oxygens (including phenoxy) is 2. The van der Waals surface area contributed by atoms with E-state index in [9.17, 15) is 28.4 Å². The summed E-state index contributed by atoms with van der Waals surface area (Å²) in [6.07, 6.45) is 2.67. The molecule has 5 amide bonds. The fourth-order valence-electron chi connectivity index (χ4n) is 7.29. The lowest BCUT2D eigenvalue weighted by molar-refractivity contribution is -0.144. The Bertz CT molecular complexity index is 1580. The van der Waals surface area contributed by atoms with Gasteiger partial charge in [0, 0.05) is 45.2 Å². The van der Waals surface area contributed by atoms with E-state index in [1.54, 1.807) is 37.4 Å². The van der Waals surface area contributed by atoms with Crippen LogP contribution in [0.1, 0.15) is 74.7 Å². The number of likely N-dealkylation sites (N-methyl/N-ethyl adjacent to an activating group) is 1. The average Bonchev–Trinajstić information content (AvgIpc) is 3.61. The first-order valence-corrected chi connectivity index (χ1v) is 17.9. The van der Waals surface area contributed by atoms with E-state index in [1.165, 1.54) is 21.9 Å². The molecule has 2 aromatic rings. The first-order valence-electron chi connectivity index (χ1n) is 17.9. The van der Waals surface area contributed by atoms with Crippen molar-refractivity contribution in [3.05, 3.63) is 65.5 Å². The summed E-state index contributed by atoms with van der Waals surface area (Å²) in [5, 5.41) is 8.82. The predicted octanol–water partition coefficient (Wildman–Crippen LogP) is 2.94. The Morgan fingerprint density at radius 1 is 1.04 bits per heavy atom. The summed E-state index contributed by atoms with van der Waals surface area (Å²) in [7, 11) is 1.55. The standard InChI is InChI=1S/C38H50FN5O7/c1-25(2)20-28-23-51-32-12-5-4-10-29(32)35(47)42-30(13-14-34(46)44-17-7-11-31(44)37(49)43(3)22-33(45)41-28)36(48)40-24-38(15-18-50-19-16-38)26-8-6-9-27(39)21-26/h4-6,8-10,12,21,25,28,30-31H,7,11,13-20,22-24H2,1-3H3,(H,40,48)(H,41,45)(H,42,47)/t28-,30-,31-/m0/s1. The minimum atomic E-state index is -1.11. The van der Waals surface area contributed by atoms with E-state index in [0.717, 1.165) is 5.56 Å². The molecule has 2 aromatic carbocycles. The van der Waals surface area contributed by atoms with Crippen LogP contribution >= 0.6 is 0 Å². The monoisotopic (exact) mass is 707 g/mol. The van der Waals surface area contributed by atoms with Crippen LogP contribution < -0.4 is 20.7 Å². The van der Waals surface area contributed by atoms with Crippen LogP contribution in [0, 0.1) is 11.7 Å². The third-order valence-electron chi connectivity index (χ3n) is 10.1. The number of hydrogen-bond acceptors (Lipinski definition) is 7. The zero-order chi connectivity index (χ0) is 36.5. The van der Waals surface area contributed by atoms with Gasteiger partial charge in [-0.25, -0.2) is 4.39 Å². The molecule has 0 aromatic heterocycles. The fraction of sp³-hybridized carbons (Fsp3) is 0.553. The number of rotatable bonds is 6. The van der Waals surface area contributed by atoms with Crippen molar-refractivity contribution in [2.75, 3.05) is 46.5 Å². The van der Waals surface area contributed by atoms with Gasteiger partial charge in [-0.1, -0.05) is 38.1 Å². The number of halogens is 1. The average molecular weight is 708 g/mol. The largest absolute Gasteiger partial charge is 0.491 e. The Morgan fingerprint density at radius 3 is 2.55 bits per heavy atom. The molecule has 3 aliphatic rings. The van der Waals surface area contributed by atoms with Crippen molar-refractivity contribution in [3.8, 4) is 5.75 Å². The third kappa shape index (κ3) is 9.63. The number of carbonyl (C=O) groups is 5. The Balaban J connectivity index is 1.42. The molecule has 13 heteroatoms. The second-order valence-corrected chi connectivity index (χ2v) is 14.3.